The Morgan fingerprint density at radius 2 is 2.00 bits per heavy atom. The summed E-state index contributed by atoms with van der Waals surface area (Å²) in [5, 5.41) is 8.79. The maximum atomic E-state index is 12.2. The van der Waals surface area contributed by atoms with Gasteiger partial charge in [-0.25, -0.2) is 4.98 Å². The zero-order valence-corrected chi connectivity index (χ0v) is 10.7. The van der Waals surface area contributed by atoms with Gasteiger partial charge in [0.05, 0.1) is 18.2 Å². The third-order valence-electron chi connectivity index (χ3n) is 2.62. The van der Waals surface area contributed by atoms with Crippen molar-refractivity contribution in [2.45, 2.75) is 12.8 Å². The summed E-state index contributed by atoms with van der Waals surface area (Å²) in [7, 11) is 0. The van der Waals surface area contributed by atoms with E-state index in [4.69, 9.17) is 11.0 Å². The highest BCUT2D eigenvalue weighted by Crippen LogP contribution is 2.29. The van der Waals surface area contributed by atoms with Crippen molar-refractivity contribution in [2.24, 2.45) is 0 Å². The standard InChI is InChI=1S/C14H10F3N3O/c15-14(16,17)21-10-3-1-2-9(8-10)11-4-5-13(19)20-12(11)6-7-18/h1-5,8H,6H2,(H2,19,20). The summed E-state index contributed by atoms with van der Waals surface area (Å²) in [6.07, 6.45) is -4.75. The van der Waals surface area contributed by atoms with Crippen LogP contribution in [0, 0.1) is 11.3 Å². The molecule has 2 N–H and O–H groups in total. The van der Waals surface area contributed by atoms with Crippen LogP contribution in [0.15, 0.2) is 36.4 Å². The largest absolute Gasteiger partial charge is 0.573 e. The molecule has 2 aromatic rings. The Bertz CT molecular complexity index is 693. The van der Waals surface area contributed by atoms with Crippen molar-refractivity contribution in [3.63, 3.8) is 0 Å². The van der Waals surface area contributed by atoms with Crippen LogP contribution in [0.2, 0.25) is 0 Å². The van der Waals surface area contributed by atoms with E-state index in [1.165, 1.54) is 24.3 Å². The van der Waals surface area contributed by atoms with Crippen LogP contribution in [0.5, 0.6) is 5.75 Å². The Kier molecular flexibility index (Phi) is 3.98. The molecule has 21 heavy (non-hydrogen) atoms. The van der Waals surface area contributed by atoms with Gasteiger partial charge in [0.2, 0.25) is 0 Å². The van der Waals surface area contributed by atoms with Gasteiger partial charge in [0.25, 0.3) is 0 Å². The number of alkyl halides is 3. The van der Waals surface area contributed by atoms with E-state index in [-0.39, 0.29) is 18.0 Å². The molecule has 0 aliphatic heterocycles. The zero-order valence-electron chi connectivity index (χ0n) is 10.7. The molecule has 7 heteroatoms. The van der Waals surface area contributed by atoms with Gasteiger partial charge in [0.15, 0.2) is 0 Å². The molecular weight excluding hydrogens is 283 g/mol. The van der Waals surface area contributed by atoms with Gasteiger partial charge in [0, 0.05) is 5.56 Å². The number of nitrogens with zero attached hydrogens (tertiary/aromatic N) is 2. The maximum absolute atomic E-state index is 12.2. The van der Waals surface area contributed by atoms with Gasteiger partial charge in [-0.05, 0) is 29.8 Å². The normalized spacial score (nSPS) is 11.0. The van der Waals surface area contributed by atoms with Crippen molar-refractivity contribution in [3.8, 4) is 22.9 Å². The fourth-order valence-corrected chi connectivity index (χ4v) is 1.85. The molecule has 1 aromatic heterocycles. The van der Waals surface area contributed by atoms with Crippen molar-refractivity contribution in [3.05, 3.63) is 42.1 Å². The number of benzene rings is 1. The van der Waals surface area contributed by atoms with E-state index < -0.39 is 6.36 Å². The van der Waals surface area contributed by atoms with Gasteiger partial charge in [-0.15, -0.1) is 13.2 Å². The predicted octanol–water partition coefficient (Wildman–Crippen LogP) is 3.30. The van der Waals surface area contributed by atoms with Gasteiger partial charge in [0.1, 0.15) is 11.6 Å². The summed E-state index contributed by atoms with van der Waals surface area (Å²) in [6.45, 7) is 0. The Hall–Kier alpha value is -2.75. The number of nitrogen functional groups attached to an aromatic ring is 1. The number of pyridine rings is 1. The summed E-state index contributed by atoms with van der Waals surface area (Å²) in [4.78, 5) is 4.04. The van der Waals surface area contributed by atoms with Gasteiger partial charge in [-0.1, -0.05) is 12.1 Å². The highest BCUT2D eigenvalue weighted by Gasteiger charge is 2.31. The SMILES string of the molecule is N#CCc1nc(N)ccc1-c1cccc(OC(F)(F)F)c1. The number of aromatic nitrogens is 1. The van der Waals surface area contributed by atoms with Crippen LogP contribution in [0.1, 0.15) is 5.69 Å². The molecule has 4 nitrogen and oxygen atoms in total. The van der Waals surface area contributed by atoms with Crippen LogP contribution in [-0.4, -0.2) is 11.3 Å². The van der Waals surface area contributed by atoms with Crippen molar-refractivity contribution in [1.82, 2.24) is 4.98 Å². The minimum absolute atomic E-state index is 0.00469. The third-order valence-corrected chi connectivity index (χ3v) is 2.62. The molecule has 0 saturated heterocycles. The van der Waals surface area contributed by atoms with Crippen LogP contribution in [0.3, 0.4) is 0 Å². The predicted molar refractivity (Wildman–Crippen MR) is 70.1 cm³/mol. The molecule has 0 saturated carbocycles. The van der Waals surface area contributed by atoms with Gasteiger partial charge in [-0.3, -0.25) is 0 Å². The first-order chi connectivity index (χ1) is 9.89. The summed E-state index contributed by atoms with van der Waals surface area (Å²) >= 11 is 0. The van der Waals surface area contributed by atoms with E-state index in [1.54, 1.807) is 12.1 Å². The van der Waals surface area contributed by atoms with Crippen LogP contribution < -0.4 is 10.5 Å². The molecule has 0 amide bonds. The lowest BCUT2D eigenvalue weighted by molar-refractivity contribution is -0.274. The molecule has 0 atom stereocenters. The Labute approximate surface area is 118 Å². The minimum atomic E-state index is -4.76. The number of nitrogens with two attached hydrogens (primary N) is 1. The van der Waals surface area contributed by atoms with E-state index in [2.05, 4.69) is 9.72 Å². The molecule has 0 aliphatic rings. The molecule has 0 unspecified atom stereocenters. The number of hydrogen-bond donors (Lipinski definition) is 1. The second-order valence-corrected chi connectivity index (χ2v) is 4.14. The van der Waals surface area contributed by atoms with Crippen molar-refractivity contribution in [2.75, 3.05) is 5.73 Å². The lowest BCUT2D eigenvalue weighted by atomic mass is 10.0. The summed E-state index contributed by atoms with van der Waals surface area (Å²) in [5.41, 5.74) is 6.97. The molecule has 0 fully saturated rings. The number of ether oxygens (including phenoxy) is 1. The first kappa shape index (κ1) is 14.7. The summed E-state index contributed by atoms with van der Waals surface area (Å²) < 4.78 is 40.6. The average molecular weight is 293 g/mol. The zero-order chi connectivity index (χ0) is 15.5. The minimum Gasteiger partial charge on any atom is -0.406 e. The highest BCUT2D eigenvalue weighted by molar-refractivity contribution is 5.68. The van der Waals surface area contributed by atoms with E-state index in [9.17, 15) is 13.2 Å². The van der Waals surface area contributed by atoms with Gasteiger partial charge >= 0.3 is 6.36 Å². The van der Waals surface area contributed by atoms with Crippen LogP contribution in [0.25, 0.3) is 11.1 Å². The van der Waals surface area contributed by atoms with Crippen LogP contribution in [0.4, 0.5) is 19.0 Å². The lowest BCUT2D eigenvalue weighted by Gasteiger charge is -2.11. The van der Waals surface area contributed by atoms with Crippen molar-refractivity contribution in [1.29, 1.82) is 5.26 Å². The highest BCUT2D eigenvalue weighted by atomic mass is 19.4. The first-order valence-corrected chi connectivity index (χ1v) is 5.87. The molecule has 0 bridgehead atoms. The third kappa shape index (κ3) is 3.86. The molecule has 0 radical (unpaired) electrons. The van der Waals surface area contributed by atoms with Gasteiger partial charge in [-0.2, -0.15) is 5.26 Å². The van der Waals surface area contributed by atoms with Crippen molar-refractivity contribution < 1.29 is 17.9 Å². The smallest absolute Gasteiger partial charge is 0.406 e. The Morgan fingerprint density at radius 3 is 2.67 bits per heavy atom. The topological polar surface area (TPSA) is 71.9 Å². The van der Waals surface area contributed by atoms with Crippen molar-refractivity contribution >= 4 is 5.82 Å². The number of anilines is 1. The average Bonchev–Trinajstić information content (AvgIpc) is 2.37. The number of nitriles is 1. The maximum Gasteiger partial charge on any atom is 0.573 e. The van der Waals surface area contributed by atoms with E-state index in [0.29, 0.717) is 16.8 Å². The molecule has 108 valence electrons. The number of halogens is 3. The molecule has 2 rings (SSSR count). The van der Waals surface area contributed by atoms with E-state index >= 15 is 0 Å². The summed E-state index contributed by atoms with van der Waals surface area (Å²) in [5.74, 6) is -0.0913. The molecular formula is C14H10F3N3O. The van der Waals surface area contributed by atoms with E-state index in [1.807, 2.05) is 6.07 Å². The molecule has 1 heterocycles. The lowest BCUT2D eigenvalue weighted by Crippen LogP contribution is -2.17. The molecule has 1 aromatic carbocycles. The monoisotopic (exact) mass is 293 g/mol. The summed E-state index contributed by atoms with van der Waals surface area (Å²) in [6, 6.07) is 10.6. The van der Waals surface area contributed by atoms with Crippen LogP contribution >= 0.6 is 0 Å². The fraction of sp³-hybridized carbons (Fsp3) is 0.143. The second-order valence-electron chi connectivity index (χ2n) is 4.14. The van der Waals surface area contributed by atoms with Crippen LogP contribution in [-0.2, 0) is 6.42 Å². The molecule has 0 spiro atoms. The first-order valence-electron chi connectivity index (χ1n) is 5.87. The number of hydrogen-bond acceptors (Lipinski definition) is 4. The molecule has 0 aliphatic carbocycles. The fourth-order valence-electron chi connectivity index (χ4n) is 1.85. The Balaban J connectivity index is 2.43. The second kappa shape index (κ2) is 5.71. The van der Waals surface area contributed by atoms with E-state index in [0.717, 1.165) is 0 Å². The van der Waals surface area contributed by atoms with Gasteiger partial charge < -0.3 is 10.5 Å². The quantitative estimate of drug-likeness (QED) is 0.942. The number of rotatable bonds is 3. The Morgan fingerprint density at radius 1 is 1.24 bits per heavy atom.